The quantitative estimate of drug-likeness (QED) is 0.602. The fourth-order valence-corrected chi connectivity index (χ4v) is 6.23. The average molecular weight is 412 g/mol. The summed E-state index contributed by atoms with van der Waals surface area (Å²) in [6.07, 6.45) is -0.425. The number of fused-ring (bicyclic) bond motifs is 3. The van der Waals surface area contributed by atoms with Gasteiger partial charge in [0.15, 0.2) is 0 Å². The molecule has 1 unspecified atom stereocenters. The lowest BCUT2D eigenvalue weighted by atomic mass is 9.98. The Morgan fingerprint density at radius 1 is 1.03 bits per heavy atom. The molecule has 1 aliphatic carbocycles. The molecule has 5 nitrogen and oxygen atoms in total. The molecule has 0 aliphatic heterocycles. The molecule has 154 valence electrons. The number of hydrogen-bond donors (Lipinski definition) is 2. The van der Waals surface area contributed by atoms with E-state index in [4.69, 9.17) is 9.84 Å². The first kappa shape index (κ1) is 21.1. The maximum absolute atomic E-state index is 12.3. The summed E-state index contributed by atoms with van der Waals surface area (Å²) >= 11 is 0. The maximum atomic E-state index is 12.3. The van der Waals surface area contributed by atoms with Gasteiger partial charge in [-0.2, -0.15) is 0 Å². The lowest BCUT2D eigenvalue weighted by molar-refractivity contribution is -0.137. The molecule has 0 fully saturated rings. The Bertz CT molecular complexity index is 845. The van der Waals surface area contributed by atoms with E-state index in [-0.39, 0.29) is 24.9 Å². The van der Waals surface area contributed by atoms with Crippen molar-refractivity contribution in [3.63, 3.8) is 0 Å². The number of alkyl carbamates (subject to hydrolysis) is 1. The van der Waals surface area contributed by atoms with Crippen LogP contribution in [-0.2, 0) is 9.53 Å². The monoisotopic (exact) mass is 411 g/mol. The van der Waals surface area contributed by atoms with E-state index >= 15 is 0 Å². The Morgan fingerprint density at radius 2 is 1.59 bits per heavy atom. The van der Waals surface area contributed by atoms with Crippen molar-refractivity contribution in [3.8, 4) is 11.1 Å². The highest BCUT2D eigenvalue weighted by atomic mass is 28.3. The fraction of sp³-hybridized carbons (Fsp3) is 0.391. The van der Waals surface area contributed by atoms with Crippen LogP contribution >= 0.6 is 0 Å². The van der Waals surface area contributed by atoms with Gasteiger partial charge in [-0.15, -0.1) is 0 Å². The van der Waals surface area contributed by atoms with Crippen molar-refractivity contribution >= 4 is 20.1 Å². The largest absolute Gasteiger partial charge is 0.481 e. The molecule has 1 aliphatic rings. The molecule has 0 bridgehead atoms. The van der Waals surface area contributed by atoms with Crippen molar-refractivity contribution in [2.45, 2.75) is 38.0 Å². The van der Waals surface area contributed by atoms with Crippen LogP contribution in [0.25, 0.3) is 11.1 Å². The number of rotatable bonds is 8. The third-order valence-electron chi connectivity index (χ3n) is 5.24. The Kier molecular flexibility index (Phi) is 6.42. The first-order valence-corrected chi connectivity index (χ1v) is 13.8. The van der Waals surface area contributed by atoms with Gasteiger partial charge in [-0.05, 0) is 28.2 Å². The number of ether oxygens (including phenoxy) is 1. The summed E-state index contributed by atoms with van der Waals surface area (Å²) in [5, 5.41) is 11.9. The summed E-state index contributed by atoms with van der Waals surface area (Å²) in [5.41, 5.74) is 4.72. The summed E-state index contributed by atoms with van der Waals surface area (Å²) in [7, 11) is -1.43. The molecule has 1 atom stereocenters. The lowest BCUT2D eigenvalue weighted by Gasteiger charge is -2.23. The molecule has 0 aromatic heterocycles. The Morgan fingerprint density at radius 3 is 2.10 bits per heavy atom. The first-order chi connectivity index (χ1) is 13.7. The number of nitrogens with one attached hydrogen (secondary N) is 1. The zero-order valence-electron chi connectivity index (χ0n) is 17.3. The van der Waals surface area contributed by atoms with Crippen LogP contribution in [0.5, 0.6) is 0 Å². The van der Waals surface area contributed by atoms with E-state index in [0.717, 1.165) is 6.04 Å². The molecule has 0 saturated heterocycles. The molecule has 2 aromatic rings. The molecule has 0 heterocycles. The van der Waals surface area contributed by atoms with Gasteiger partial charge in [-0.3, -0.25) is 4.79 Å². The van der Waals surface area contributed by atoms with Crippen LogP contribution in [0.3, 0.4) is 0 Å². The summed E-state index contributed by atoms with van der Waals surface area (Å²) in [5.74, 6) is -0.882. The number of carboxylic acids is 1. The van der Waals surface area contributed by atoms with Crippen LogP contribution in [0.1, 0.15) is 23.5 Å². The minimum Gasteiger partial charge on any atom is -0.481 e. The predicted molar refractivity (Wildman–Crippen MR) is 117 cm³/mol. The van der Waals surface area contributed by atoms with Crippen LogP contribution in [0, 0.1) is 5.92 Å². The Balaban J connectivity index is 1.60. The first-order valence-electron chi connectivity index (χ1n) is 10.1. The van der Waals surface area contributed by atoms with Crippen LogP contribution in [0.15, 0.2) is 48.5 Å². The SMILES string of the molecule is C[Si](C)(C)CC(CNC(=O)OCC1c2ccccc2-c2ccccc21)CC(=O)O. The molecule has 0 spiro atoms. The van der Waals surface area contributed by atoms with E-state index in [0.29, 0.717) is 6.54 Å². The van der Waals surface area contributed by atoms with E-state index in [9.17, 15) is 9.59 Å². The number of carbonyl (C=O) groups excluding carboxylic acids is 1. The van der Waals surface area contributed by atoms with Gasteiger partial charge in [-0.25, -0.2) is 4.79 Å². The second-order valence-electron chi connectivity index (χ2n) is 8.94. The van der Waals surface area contributed by atoms with E-state index in [2.05, 4.69) is 49.2 Å². The lowest BCUT2D eigenvalue weighted by Crippen LogP contribution is -2.35. The van der Waals surface area contributed by atoms with Crippen LogP contribution in [-0.4, -0.2) is 38.4 Å². The van der Waals surface area contributed by atoms with Gasteiger partial charge in [0.25, 0.3) is 0 Å². The minimum absolute atomic E-state index is 0.0185. The van der Waals surface area contributed by atoms with E-state index in [1.807, 2.05) is 24.3 Å². The van der Waals surface area contributed by atoms with Crippen molar-refractivity contribution < 1.29 is 19.4 Å². The van der Waals surface area contributed by atoms with Crippen molar-refractivity contribution in [3.05, 3.63) is 59.7 Å². The van der Waals surface area contributed by atoms with Gasteiger partial charge >= 0.3 is 12.1 Å². The second-order valence-corrected chi connectivity index (χ2v) is 14.5. The van der Waals surface area contributed by atoms with Crippen LogP contribution in [0.2, 0.25) is 25.7 Å². The normalized spacial score (nSPS) is 14.0. The third-order valence-corrected chi connectivity index (χ3v) is 7.05. The zero-order valence-corrected chi connectivity index (χ0v) is 18.3. The number of carboxylic acid groups (broad SMARTS) is 1. The van der Waals surface area contributed by atoms with Gasteiger partial charge in [0, 0.05) is 27.0 Å². The minimum atomic E-state index is -1.43. The molecule has 3 rings (SSSR count). The predicted octanol–water partition coefficient (Wildman–Crippen LogP) is 4.95. The number of amides is 1. The summed E-state index contributed by atoms with van der Waals surface area (Å²) in [6, 6.07) is 17.3. The number of carbonyl (C=O) groups is 2. The maximum Gasteiger partial charge on any atom is 0.407 e. The molecule has 2 N–H and O–H groups in total. The standard InChI is InChI=1S/C23H29NO4Si/c1-29(2,3)15-16(12-22(25)26)13-24-23(27)28-14-21-19-10-6-4-8-17(19)18-9-5-7-11-20(18)21/h4-11,16,21H,12-15H2,1-3H3,(H,24,27)(H,25,26). The van der Waals surface area contributed by atoms with Gasteiger partial charge in [-0.1, -0.05) is 74.2 Å². The second kappa shape index (κ2) is 8.82. The van der Waals surface area contributed by atoms with Gasteiger partial charge in [0.05, 0.1) is 0 Å². The number of hydrogen-bond acceptors (Lipinski definition) is 3. The van der Waals surface area contributed by atoms with Crippen molar-refractivity contribution in [2.24, 2.45) is 5.92 Å². The Hall–Kier alpha value is -2.60. The number of benzene rings is 2. The zero-order chi connectivity index (χ0) is 21.0. The molecule has 2 aromatic carbocycles. The summed E-state index contributed by atoms with van der Waals surface area (Å²) in [4.78, 5) is 23.5. The molecule has 29 heavy (non-hydrogen) atoms. The molecule has 1 amide bonds. The van der Waals surface area contributed by atoms with E-state index < -0.39 is 20.1 Å². The van der Waals surface area contributed by atoms with Crippen LogP contribution in [0.4, 0.5) is 4.79 Å². The average Bonchev–Trinajstić information content (AvgIpc) is 2.97. The number of aliphatic carboxylic acids is 1. The highest BCUT2D eigenvalue weighted by Crippen LogP contribution is 2.44. The molecular weight excluding hydrogens is 382 g/mol. The van der Waals surface area contributed by atoms with Crippen molar-refractivity contribution in [1.82, 2.24) is 5.32 Å². The third kappa shape index (κ3) is 5.47. The van der Waals surface area contributed by atoms with Gasteiger partial charge in [0.1, 0.15) is 6.61 Å². The molecule has 0 saturated carbocycles. The van der Waals surface area contributed by atoms with Crippen molar-refractivity contribution in [2.75, 3.05) is 13.2 Å². The highest BCUT2D eigenvalue weighted by Gasteiger charge is 2.29. The van der Waals surface area contributed by atoms with E-state index in [1.54, 1.807) is 0 Å². The molecular formula is C23H29NO4Si. The van der Waals surface area contributed by atoms with Gasteiger partial charge < -0.3 is 15.2 Å². The summed E-state index contributed by atoms with van der Waals surface area (Å²) < 4.78 is 5.54. The van der Waals surface area contributed by atoms with E-state index in [1.165, 1.54) is 22.3 Å². The smallest absolute Gasteiger partial charge is 0.407 e. The van der Waals surface area contributed by atoms with Crippen LogP contribution < -0.4 is 5.32 Å². The topological polar surface area (TPSA) is 75.6 Å². The molecule has 0 radical (unpaired) electrons. The van der Waals surface area contributed by atoms with Gasteiger partial charge in [0.2, 0.25) is 0 Å². The Labute approximate surface area is 173 Å². The fourth-order valence-electron chi connectivity index (χ4n) is 4.21. The highest BCUT2D eigenvalue weighted by molar-refractivity contribution is 6.76. The molecule has 6 heteroatoms. The summed E-state index contributed by atoms with van der Waals surface area (Å²) in [6.45, 7) is 7.20. The van der Waals surface area contributed by atoms with Crippen molar-refractivity contribution in [1.29, 1.82) is 0 Å².